The van der Waals surface area contributed by atoms with E-state index in [0.717, 1.165) is 5.69 Å². The Kier molecular flexibility index (Phi) is 5.18. The molecule has 9 nitrogen and oxygen atoms in total. The van der Waals surface area contributed by atoms with Gasteiger partial charge in [-0.15, -0.1) is 5.10 Å². The number of hydrogen-bond donors (Lipinski definition) is 2. The van der Waals surface area contributed by atoms with Crippen molar-refractivity contribution in [3.63, 3.8) is 0 Å². The summed E-state index contributed by atoms with van der Waals surface area (Å²) in [5.41, 5.74) is 1.99. The molecule has 0 radical (unpaired) electrons. The summed E-state index contributed by atoms with van der Waals surface area (Å²) in [5, 5.41) is 16.3. The zero-order valence-corrected chi connectivity index (χ0v) is 13.9. The van der Waals surface area contributed by atoms with Gasteiger partial charge in [-0.05, 0) is 46.8 Å². The van der Waals surface area contributed by atoms with Crippen LogP contribution >= 0.6 is 0 Å². The minimum atomic E-state index is -0.301. The summed E-state index contributed by atoms with van der Waals surface area (Å²) in [5.74, 6) is 0.0679. The minimum Gasteiger partial charge on any atom is -0.484 e. The molecule has 1 heterocycles. The molecule has 2 N–H and O–H groups in total. The van der Waals surface area contributed by atoms with E-state index in [9.17, 15) is 9.59 Å². The third kappa shape index (κ3) is 4.63. The first-order chi connectivity index (χ1) is 12.6. The van der Waals surface area contributed by atoms with Gasteiger partial charge < -0.3 is 15.4 Å². The van der Waals surface area contributed by atoms with Crippen LogP contribution in [0.15, 0.2) is 54.9 Å². The Labute approximate surface area is 149 Å². The normalized spacial score (nSPS) is 10.2. The molecule has 0 aliphatic carbocycles. The number of benzene rings is 2. The molecule has 26 heavy (non-hydrogen) atoms. The fourth-order valence-corrected chi connectivity index (χ4v) is 2.18. The molecule has 0 unspecified atom stereocenters. The number of carbonyl (C=O) groups excluding carboxylic acids is 2. The lowest BCUT2D eigenvalue weighted by molar-refractivity contribution is -0.118. The Balaban J connectivity index is 1.54. The maximum atomic E-state index is 12.0. The number of carbonyl (C=O) groups is 2. The van der Waals surface area contributed by atoms with Crippen LogP contribution in [0.1, 0.15) is 6.92 Å². The molecule has 0 aliphatic heterocycles. The second-order valence-corrected chi connectivity index (χ2v) is 5.35. The highest BCUT2D eigenvalue weighted by Crippen LogP contribution is 2.16. The summed E-state index contributed by atoms with van der Waals surface area (Å²) in [6, 6.07) is 13.9. The van der Waals surface area contributed by atoms with E-state index in [-0.39, 0.29) is 18.4 Å². The van der Waals surface area contributed by atoms with Crippen molar-refractivity contribution in [3.8, 4) is 11.4 Å². The molecule has 1 aromatic heterocycles. The molecule has 3 rings (SSSR count). The van der Waals surface area contributed by atoms with Crippen LogP contribution in [-0.4, -0.2) is 38.6 Å². The van der Waals surface area contributed by atoms with Crippen molar-refractivity contribution in [3.05, 3.63) is 54.9 Å². The van der Waals surface area contributed by atoms with Crippen LogP contribution in [0.2, 0.25) is 0 Å². The van der Waals surface area contributed by atoms with Crippen LogP contribution in [0.25, 0.3) is 5.69 Å². The second-order valence-electron chi connectivity index (χ2n) is 5.35. The summed E-state index contributed by atoms with van der Waals surface area (Å²) in [6.45, 7) is 1.29. The molecule has 0 bridgehead atoms. The van der Waals surface area contributed by atoms with E-state index in [1.54, 1.807) is 42.5 Å². The van der Waals surface area contributed by atoms with Gasteiger partial charge in [0.05, 0.1) is 5.69 Å². The van der Waals surface area contributed by atoms with Crippen molar-refractivity contribution in [2.45, 2.75) is 6.92 Å². The van der Waals surface area contributed by atoms with Crippen LogP contribution in [0.4, 0.5) is 11.4 Å². The highest BCUT2D eigenvalue weighted by atomic mass is 16.5. The Morgan fingerprint density at radius 1 is 1.08 bits per heavy atom. The first-order valence-corrected chi connectivity index (χ1v) is 7.74. The van der Waals surface area contributed by atoms with Crippen molar-refractivity contribution >= 4 is 23.2 Å². The summed E-state index contributed by atoms with van der Waals surface area (Å²) in [4.78, 5) is 23.0. The van der Waals surface area contributed by atoms with E-state index in [1.807, 2.05) is 6.07 Å². The van der Waals surface area contributed by atoms with Crippen LogP contribution in [0.3, 0.4) is 0 Å². The highest BCUT2D eigenvalue weighted by molar-refractivity contribution is 5.93. The number of ether oxygens (including phenoxy) is 1. The molecule has 132 valence electrons. The quantitative estimate of drug-likeness (QED) is 0.698. The number of nitrogens with one attached hydrogen (secondary N) is 2. The fraction of sp³-hybridized carbons (Fsp3) is 0.118. The SMILES string of the molecule is CC(=O)Nc1ccc(NC(=O)COc2cccc(-n3cnnn3)c2)cc1. The summed E-state index contributed by atoms with van der Waals surface area (Å²) in [7, 11) is 0. The fourth-order valence-electron chi connectivity index (χ4n) is 2.18. The number of nitrogens with zero attached hydrogens (tertiary/aromatic N) is 4. The monoisotopic (exact) mass is 352 g/mol. The largest absolute Gasteiger partial charge is 0.484 e. The smallest absolute Gasteiger partial charge is 0.262 e. The van der Waals surface area contributed by atoms with Gasteiger partial charge in [0.25, 0.3) is 5.91 Å². The summed E-state index contributed by atoms with van der Waals surface area (Å²) < 4.78 is 6.99. The Bertz CT molecular complexity index is 893. The van der Waals surface area contributed by atoms with Gasteiger partial charge in [-0.3, -0.25) is 9.59 Å². The van der Waals surface area contributed by atoms with Crippen LogP contribution in [-0.2, 0) is 9.59 Å². The van der Waals surface area contributed by atoms with E-state index < -0.39 is 0 Å². The first kappa shape index (κ1) is 17.1. The molecular weight excluding hydrogens is 336 g/mol. The first-order valence-electron chi connectivity index (χ1n) is 7.74. The maximum Gasteiger partial charge on any atom is 0.262 e. The molecule has 0 spiro atoms. The molecule has 2 amide bonds. The Hall–Kier alpha value is -3.75. The molecule has 3 aromatic rings. The maximum absolute atomic E-state index is 12.0. The van der Waals surface area contributed by atoms with E-state index in [1.165, 1.54) is 17.9 Å². The third-order valence-corrected chi connectivity index (χ3v) is 3.29. The van der Waals surface area contributed by atoms with Crippen LogP contribution < -0.4 is 15.4 Å². The van der Waals surface area contributed by atoms with Gasteiger partial charge in [-0.1, -0.05) is 6.07 Å². The van der Waals surface area contributed by atoms with E-state index >= 15 is 0 Å². The number of tetrazole rings is 1. The van der Waals surface area contributed by atoms with Crippen molar-refractivity contribution in [2.24, 2.45) is 0 Å². The average Bonchev–Trinajstić information content (AvgIpc) is 3.16. The minimum absolute atomic E-state index is 0.146. The van der Waals surface area contributed by atoms with Crippen molar-refractivity contribution in [2.75, 3.05) is 17.2 Å². The second kappa shape index (κ2) is 7.88. The zero-order chi connectivity index (χ0) is 18.4. The molecule has 0 fully saturated rings. The highest BCUT2D eigenvalue weighted by Gasteiger charge is 2.06. The lowest BCUT2D eigenvalue weighted by atomic mass is 10.2. The lowest BCUT2D eigenvalue weighted by Gasteiger charge is -2.09. The third-order valence-electron chi connectivity index (χ3n) is 3.29. The molecule has 0 saturated heterocycles. The summed E-state index contributed by atoms with van der Waals surface area (Å²) >= 11 is 0. The molecular formula is C17H16N6O3. The van der Waals surface area contributed by atoms with Crippen molar-refractivity contribution < 1.29 is 14.3 Å². The number of amides is 2. The number of aromatic nitrogens is 4. The predicted molar refractivity (Wildman–Crippen MR) is 94.0 cm³/mol. The van der Waals surface area contributed by atoms with Gasteiger partial charge in [0.15, 0.2) is 6.61 Å². The van der Waals surface area contributed by atoms with E-state index in [2.05, 4.69) is 26.2 Å². The standard InChI is InChI=1S/C17H16N6O3/c1-12(24)19-13-5-7-14(8-6-13)20-17(25)10-26-16-4-2-3-15(9-16)23-11-18-21-22-23/h2-9,11H,10H2,1H3,(H,19,24)(H,20,25). The number of rotatable bonds is 6. The van der Waals surface area contributed by atoms with Crippen molar-refractivity contribution in [1.29, 1.82) is 0 Å². The lowest BCUT2D eigenvalue weighted by Crippen LogP contribution is -2.20. The van der Waals surface area contributed by atoms with Crippen LogP contribution in [0, 0.1) is 0 Å². The van der Waals surface area contributed by atoms with E-state index in [4.69, 9.17) is 4.74 Å². The Morgan fingerprint density at radius 2 is 1.81 bits per heavy atom. The van der Waals surface area contributed by atoms with Gasteiger partial charge in [-0.25, -0.2) is 4.68 Å². The molecule has 0 aliphatic rings. The average molecular weight is 352 g/mol. The molecule has 0 saturated carbocycles. The van der Waals surface area contributed by atoms with E-state index in [0.29, 0.717) is 17.1 Å². The van der Waals surface area contributed by atoms with Gasteiger partial charge in [-0.2, -0.15) is 0 Å². The van der Waals surface area contributed by atoms with Gasteiger partial charge in [0.2, 0.25) is 5.91 Å². The number of anilines is 2. The number of hydrogen-bond acceptors (Lipinski definition) is 6. The molecule has 2 aromatic carbocycles. The zero-order valence-electron chi connectivity index (χ0n) is 13.9. The van der Waals surface area contributed by atoms with Gasteiger partial charge >= 0.3 is 0 Å². The van der Waals surface area contributed by atoms with Gasteiger partial charge in [0.1, 0.15) is 12.1 Å². The summed E-state index contributed by atoms with van der Waals surface area (Å²) in [6.07, 6.45) is 1.47. The van der Waals surface area contributed by atoms with Crippen LogP contribution in [0.5, 0.6) is 5.75 Å². The van der Waals surface area contributed by atoms with Gasteiger partial charge in [0, 0.05) is 24.4 Å². The predicted octanol–water partition coefficient (Wildman–Crippen LogP) is 1.64. The topological polar surface area (TPSA) is 111 Å². The Morgan fingerprint density at radius 3 is 2.46 bits per heavy atom. The van der Waals surface area contributed by atoms with Crippen molar-refractivity contribution in [1.82, 2.24) is 20.2 Å². The molecule has 0 atom stereocenters. The molecule has 9 heteroatoms.